The van der Waals surface area contributed by atoms with Gasteiger partial charge < -0.3 is 15.6 Å². The van der Waals surface area contributed by atoms with Gasteiger partial charge in [-0.2, -0.15) is 0 Å². The average Bonchev–Trinajstić information content (AvgIpc) is 2.36. The Morgan fingerprint density at radius 2 is 2.00 bits per heavy atom. The van der Waals surface area contributed by atoms with Crippen LogP contribution in [0.25, 0.3) is 0 Å². The Morgan fingerprint density at radius 1 is 1.33 bits per heavy atom. The van der Waals surface area contributed by atoms with Crippen molar-refractivity contribution >= 4 is 0 Å². The lowest BCUT2D eigenvalue weighted by molar-refractivity contribution is -0.0764. The molecule has 0 bridgehead atoms. The first-order valence-electron chi connectivity index (χ1n) is 6.64. The molecule has 0 aliphatic rings. The van der Waals surface area contributed by atoms with E-state index in [1.54, 1.807) is 0 Å². The SMILES string of the molecule is CCCC(CN)C(C)(O)COCc1ccccc1. The number of hydrogen-bond donors (Lipinski definition) is 2. The van der Waals surface area contributed by atoms with Gasteiger partial charge in [-0.25, -0.2) is 0 Å². The molecule has 1 rings (SSSR count). The zero-order valence-electron chi connectivity index (χ0n) is 11.4. The third kappa shape index (κ3) is 4.77. The van der Waals surface area contributed by atoms with Crippen molar-refractivity contribution in [2.45, 2.75) is 38.9 Å². The summed E-state index contributed by atoms with van der Waals surface area (Å²) in [5.74, 6) is 0.0956. The van der Waals surface area contributed by atoms with Gasteiger partial charge in [-0.1, -0.05) is 43.7 Å². The third-order valence-corrected chi connectivity index (χ3v) is 3.31. The fourth-order valence-corrected chi connectivity index (χ4v) is 2.10. The van der Waals surface area contributed by atoms with Gasteiger partial charge in [0, 0.05) is 5.92 Å². The lowest BCUT2D eigenvalue weighted by Gasteiger charge is -2.31. The highest BCUT2D eigenvalue weighted by Gasteiger charge is 2.30. The predicted octanol–water partition coefficient (Wildman–Crippen LogP) is 2.33. The van der Waals surface area contributed by atoms with Crippen LogP contribution in [0.15, 0.2) is 30.3 Å². The van der Waals surface area contributed by atoms with E-state index in [0.717, 1.165) is 18.4 Å². The van der Waals surface area contributed by atoms with Crippen molar-refractivity contribution in [1.82, 2.24) is 0 Å². The van der Waals surface area contributed by atoms with Crippen LogP contribution in [-0.4, -0.2) is 23.9 Å². The number of ether oxygens (including phenoxy) is 1. The molecule has 102 valence electrons. The van der Waals surface area contributed by atoms with Crippen LogP contribution < -0.4 is 5.73 Å². The standard InChI is InChI=1S/C15H25NO2/c1-3-7-14(10-16)15(2,17)12-18-11-13-8-5-4-6-9-13/h4-6,8-9,14,17H,3,7,10-12,16H2,1-2H3. The molecule has 0 heterocycles. The van der Waals surface area contributed by atoms with Crippen molar-refractivity contribution in [2.75, 3.05) is 13.2 Å². The monoisotopic (exact) mass is 251 g/mol. The number of nitrogens with two attached hydrogens (primary N) is 1. The lowest BCUT2D eigenvalue weighted by Crippen LogP contribution is -2.43. The summed E-state index contributed by atoms with van der Waals surface area (Å²) in [4.78, 5) is 0. The second kappa shape index (κ2) is 7.52. The van der Waals surface area contributed by atoms with Gasteiger partial charge in [0.05, 0.1) is 18.8 Å². The molecule has 3 heteroatoms. The van der Waals surface area contributed by atoms with E-state index in [1.165, 1.54) is 0 Å². The molecule has 3 nitrogen and oxygen atoms in total. The van der Waals surface area contributed by atoms with Gasteiger partial charge in [0.15, 0.2) is 0 Å². The summed E-state index contributed by atoms with van der Waals surface area (Å²) >= 11 is 0. The maximum absolute atomic E-state index is 10.4. The minimum atomic E-state index is -0.848. The first kappa shape index (κ1) is 15.2. The quantitative estimate of drug-likeness (QED) is 0.745. The summed E-state index contributed by atoms with van der Waals surface area (Å²) in [6, 6.07) is 9.97. The molecular weight excluding hydrogens is 226 g/mol. The van der Waals surface area contributed by atoms with E-state index >= 15 is 0 Å². The van der Waals surface area contributed by atoms with E-state index in [-0.39, 0.29) is 5.92 Å². The fraction of sp³-hybridized carbons (Fsp3) is 0.600. The van der Waals surface area contributed by atoms with Crippen LogP contribution in [-0.2, 0) is 11.3 Å². The molecule has 1 aromatic rings. The van der Waals surface area contributed by atoms with Gasteiger partial charge >= 0.3 is 0 Å². The zero-order chi connectivity index (χ0) is 13.4. The van der Waals surface area contributed by atoms with Crippen LogP contribution in [0.3, 0.4) is 0 Å². The molecule has 0 spiro atoms. The van der Waals surface area contributed by atoms with E-state index in [4.69, 9.17) is 10.5 Å². The Morgan fingerprint density at radius 3 is 2.56 bits per heavy atom. The summed E-state index contributed by atoms with van der Waals surface area (Å²) in [5.41, 5.74) is 5.98. The molecule has 2 unspecified atom stereocenters. The molecule has 18 heavy (non-hydrogen) atoms. The highest BCUT2D eigenvalue weighted by Crippen LogP contribution is 2.22. The van der Waals surface area contributed by atoms with E-state index in [2.05, 4.69) is 6.92 Å². The number of aliphatic hydroxyl groups is 1. The highest BCUT2D eigenvalue weighted by molar-refractivity contribution is 5.13. The zero-order valence-corrected chi connectivity index (χ0v) is 11.4. The summed E-state index contributed by atoms with van der Waals surface area (Å²) in [6.07, 6.45) is 1.95. The van der Waals surface area contributed by atoms with Crippen molar-refractivity contribution in [3.8, 4) is 0 Å². The third-order valence-electron chi connectivity index (χ3n) is 3.31. The topological polar surface area (TPSA) is 55.5 Å². The predicted molar refractivity (Wildman–Crippen MR) is 74.2 cm³/mol. The second-order valence-corrected chi connectivity index (χ2v) is 5.06. The van der Waals surface area contributed by atoms with Crippen molar-refractivity contribution in [2.24, 2.45) is 11.7 Å². The first-order valence-corrected chi connectivity index (χ1v) is 6.64. The maximum atomic E-state index is 10.4. The van der Waals surface area contributed by atoms with Crippen molar-refractivity contribution in [1.29, 1.82) is 0 Å². The molecule has 0 fully saturated rings. The molecule has 2 atom stereocenters. The molecular formula is C15H25NO2. The smallest absolute Gasteiger partial charge is 0.0892 e. The molecule has 0 saturated heterocycles. The molecule has 0 aliphatic heterocycles. The van der Waals surface area contributed by atoms with Gasteiger partial charge in [0.25, 0.3) is 0 Å². The van der Waals surface area contributed by atoms with Crippen molar-refractivity contribution < 1.29 is 9.84 Å². The minimum Gasteiger partial charge on any atom is -0.387 e. The normalized spacial score (nSPS) is 16.2. The van der Waals surface area contributed by atoms with Gasteiger partial charge in [0.2, 0.25) is 0 Å². The number of hydrogen-bond acceptors (Lipinski definition) is 3. The second-order valence-electron chi connectivity index (χ2n) is 5.06. The molecule has 0 saturated carbocycles. The maximum Gasteiger partial charge on any atom is 0.0892 e. The van der Waals surface area contributed by atoms with Crippen LogP contribution in [0.1, 0.15) is 32.3 Å². The summed E-state index contributed by atoms with van der Waals surface area (Å²) in [7, 11) is 0. The fourth-order valence-electron chi connectivity index (χ4n) is 2.10. The van der Waals surface area contributed by atoms with Crippen LogP contribution >= 0.6 is 0 Å². The number of rotatable bonds is 8. The van der Waals surface area contributed by atoms with Gasteiger partial charge in [-0.15, -0.1) is 0 Å². The van der Waals surface area contributed by atoms with Gasteiger partial charge in [0.1, 0.15) is 0 Å². The van der Waals surface area contributed by atoms with Crippen molar-refractivity contribution in [3.05, 3.63) is 35.9 Å². The van der Waals surface area contributed by atoms with E-state index < -0.39 is 5.60 Å². The molecule has 3 N–H and O–H groups in total. The Labute approximate surface area is 110 Å². The van der Waals surface area contributed by atoms with Gasteiger partial charge in [-0.3, -0.25) is 0 Å². The van der Waals surface area contributed by atoms with Crippen LogP contribution in [0.2, 0.25) is 0 Å². The van der Waals surface area contributed by atoms with Crippen LogP contribution in [0.4, 0.5) is 0 Å². The Balaban J connectivity index is 2.41. The summed E-state index contributed by atoms with van der Waals surface area (Å²) in [6.45, 7) is 5.26. The molecule has 0 aromatic heterocycles. The summed E-state index contributed by atoms with van der Waals surface area (Å²) in [5, 5.41) is 10.4. The highest BCUT2D eigenvalue weighted by atomic mass is 16.5. The van der Waals surface area contributed by atoms with Gasteiger partial charge in [-0.05, 0) is 25.5 Å². The Hall–Kier alpha value is -0.900. The largest absolute Gasteiger partial charge is 0.387 e. The first-order chi connectivity index (χ1) is 8.60. The molecule has 0 amide bonds. The van der Waals surface area contributed by atoms with E-state index in [1.807, 2.05) is 37.3 Å². The van der Waals surface area contributed by atoms with E-state index in [0.29, 0.717) is 19.8 Å². The van der Waals surface area contributed by atoms with Crippen molar-refractivity contribution in [3.63, 3.8) is 0 Å². The summed E-state index contributed by atoms with van der Waals surface area (Å²) < 4.78 is 5.61. The lowest BCUT2D eigenvalue weighted by atomic mass is 9.86. The molecule has 0 radical (unpaired) electrons. The molecule has 1 aromatic carbocycles. The average molecular weight is 251 g/mol. The molecule has 0 aliphatic carbocycles. The minimum absolute atomic E-state index is 0.0956. The Kier molecular flexibility index (Phi) is 6.33. The van der Waals surface area contributed by atoms with Crippen LogP contribution in [0.5, 0.6) is 0 Å². The Bertz CT molecular complexity index is 325. The van der Waals surface area contributed by atoms with Crippen LogP contribution in [0, 0.1) is 5.92 Å². The number of benzene rings is 1. The van der Waals surface area contributed by atoms with E-state index in [9.17, 15) is 5.11 Å².